The molecule has 0 radical (unpaired) electrons. The van der Waals surface area contributed by atoms with Gasteiger partial charge in [0.15, 0.2) is 0 Å². The zero-order valence-corrected chi connectivity index (χ0v) is 10.8. The van der Waals surface area contributed by atoms with Crippen LogP contribution in [0.15, 0.2) is 10.9 Å². The molecule has 0 spiro atoms. The number of hydrogen-bond acceptors (Lipinski definition) is 4. The summed E-state index contributed by atoms with van der Waals surface area (Å²) >= 11 is 1.66. The molecular weight excluding hydrogens is 218 g/mol. The molecule has 16 heavy (non-hydrogen) atoms. The Morgan fingerprint density at radius 2 is 2.56 bits per heavy atom. The van der Waals surface area contributed by atoms with E-state index in [0.29, 0.717) is 5.54 Å². The van der Waals surface area contributed by atoms with Gasteiger partial charge in [0.2, 0.25) is 0 Å². The lowest BCUT2D eigenvalue weighted by Gasteiger charge is -2.29. The van der Waals surface area contributed by atoms with Crippen LogP contribution in [-0.2, 0) is 6.54 Å². The summed E-state index contributed by atoms with van der Waals surface area (Å²) < 4.78 is 0. The lowest BCUT2D eigenvalue weighted by molar-refractivity contribution is 0.324. The first-order valence-corrected chi connectivity index (χ1v) is 7.12. The van der Waals surface area contributed by atoms with Crippen LogP contribution in [0.1, 0.15) is 38.3 Å². The van der Waals surface area contributed by atoms with Crippen LogP contribution in [0, 0.1) is 0 Å². The van der Waals surface area contributed by atoms with Crippen LogP contribution in [0.3, 0.4) is 0 Å². The molecule has 0 bridgehead atoms. The fourth-order valence-corrected chi connectivity index (χ4v) is 3.11. The zero-order valence-electron chi connectivity index (χ0n) is 9.96. The predicted octanol–water partition coefficient (Wildman–Crippen LogP) is 2.16. The average Bonchev–Trinajstić information content (AvgIpc) is 2.90. The molecule has 0 saturated carbocycles. The van der Waals surface area contributed by atoms with Crippen LogP contribution >= 0.6 is 11.3 Å². The Balaban J connectivity index is 1.78. The second-order valence-electron chi connectivity index (χ2n) is 4.64. The Morgan fingerprint density at radius 3 is 3.19 bits per heavy atom. The normalized spacial score (nSPS) is 25.1. The molecule has 1 saturated heterocycles. The van der Waals surface area contributed by atoms with E-state index in [-0.39, 0.29) is 0 Å². The third-order valence-electron chi connectivity index (χ3n) is 3.31. The third kappa shape index (κ3) is 3.03. The molecule has 1 fully saturated rings. The summed E-state index contributed by atoms with van der Waals surface area (Å²) in [6.45, 7) is 5.41. The van der Waals surface area contributed by atoms with Gasteiger partial charge in [-0.3, -0.25) is 0 Å². The third-order valence-corrected chi connectivity index (χ3v) is 3.95. The molecule has 1 aliphatic heterocycles. The van der Waals surface area contributed by atoms with Crippen molar-refractivity contribution in [1.82, 2.24) is 15.6 Å². The molecule has 0 amide bonds. The van der Waals surface area contributed by atoms with E-state index in [4.69, 9.17) is 0 Å². The van der Waals surface area contributed by atoms with E-state index in [1.165, 1.54) is 32.2 Å². The van der Waals surface area contributed by atoms with Crippen molar-refractivity contribution >= 4 is 11.3 Å². The summed E-state index contributed by atoms with van der Waals surface area (Å²) in [5.41, 5.74) is 3.41. The topological polar surface area (TPSA) is 37.0 Å². The molecule has 2 heterocycles. The van der Waals surface area contributed by atoms with Gasteiger partial charge in [-0.1, -0.05) is 13.3 Å². The monoisotopic (exact) mass is 239 g/mol. The highest BCUT2D eigenvalue weighted by molar-refractivity contribution is 7.07. The molecule has 1 aromatic heterocycles. The molecule has 2 N–H and O–H groups in total. The minimum absolute atomic E-state index is 0.352. The summed E-state index contributed by atoms with van der Waals surface area (Å²) in [5, 5.41) is 9.32. The van der Waals surface area contributed by atoms with Crippen molar-refractivity contribution in [2.75, 3.05) is 13.1 Å². The van der Waals surface area contributed by atoms with E-state index in [2.05, 4.69) is 27.9 Å². The molecule has 0 aromatic carbocycles. The lowest BCUT2D eigenvalue weighted by atomic mass is 9.92. The Bertz CT molecular complexity index is 291. The fraction of sp³-hybridized carbons (Fsp3) is 0.750. The molecular formula is C12H21N3S. The summed E-state index contributed by atoms with van der Waals surface area (Å²) in [4.78, 5) is 4.28. The molecule has 4 heteroatoms. The van der Waals surface area contributed by atoms with Crippen LogP contribution < -0.4 is 10.6 Å². The number of hydrogen-bond donors (Lipinski definition) is 2. The van der Waals surface area contributed by atoms with Crippen molar-refractivity contribution in [2.45, 2.75) is 44.7 Å². The van der Waals surface area contributed by atoms with Gasteiger partial charge >= 0.3 is 0 Å². The van der Waals surface area contributed by atoms with Crippen molar-refractivity contribution < 1.29 is 0 Å². The Kier molecular flexibility index (Phi) is 4.32. The number of thiazole rings is 1. The second-order valence-corrected chi connectivity index (χ2v) is 5.36. The first-order valence-electron chi connectivity index (χ1n) is 6.17. The number of nitrogens with one attached hydrogen (secondary N) is 2. The Hall–Kier alpha value is -0.450. The first-order chi connectivity index (χ1) is 7.85. The molecule has 1 atom stereocenters. The average molecular weight is 239 g/mol. The Labute approximate surface area is 102 Å². The number of aromatic nitrogens is 1. The summed E-state index contributed by atoms with van der Waals surface area (Å²) in [5.74, 6) is 0. The Morgan fingerprint density at radius 1 is 1.62 bits per heavy atom. The van der Waals surface area contributed by atoms with Crippen LogP contribution in [0.25, 0.3) is 0 Å². The van der Waals surface area contributed by atoms with E-state index in [9.17, 15) is 0 Å². The van der Waals surface area contributed by atoms with Crippen LogP contribution in [-0.4, -0.2) is 23.6 Å². The lowest BCUT2D eigenvalue weighted by Crippen LogP contribution is -2.48. The van der Waals surface area contributed by atoms with Crippen LogP contribution in [0.4, 0.5) is 0 Å². The van der Waals surface area contributed by atoms with Crippen molar-refractivity contribution in [3.63, 3.8) is 0 Å². The summed E-state index contributed by atoms with van der Waals surface area (Å²) in [6.07, 6.45) is 5.16. The highest BCUT2D eigenvalue weighted by Crippen LogP contribution is 2.23. The van der Waals surface area contributed by atoms with Crippen molar-refractivity contribution in [2.24, 2.45) is 0 Å². The van der Waals surface area contributed by atoms with Crippen molar-refractivity contribution in [3.05, 3.63) is 16.6 Å². The van der Waals surface area contributed by atoms with Crippen LogP contribution in [0.2, 0.25) is 0 Å². The number of nitrogens with zero attached hydrogens (tertiary/aromatic N) is 1. The molecule has 0 aliphatic carbocycles. The van der Waals surface area contributed by atoms with Gasteiger partial charge in [0, 0.05) is 24.0 Å². The smallest absolute Gasteiger partial charge is 0.0795 e. The standard InChI is InChI=1S/C12H21N3S/c1-2-4-12(5-3-6-15-12)9-13-7-11-8-16-10-14-11/h8,10,13,15H,2-7,9H2,1H3. The van der Waals surface area contributed by atoms with Gasteiger partial charge in [0.1, 0.15) is 0 Å². The van der Waals surface area contributed by atoms with Gasteiger partial charge in [-0.25, -0.2) is 4.98 Å². The van der Waals surface area contributed by atoms with Crippen molar-refractivity contribution in [1.29, 1.82) is 0 Å². The molecule has 3 nitrogen and oxygen atoms in total. The fourth-order valence-electron chi connectivity index (χ4n) is 2.55. The maximum absolute atomic E-state index is 4.28. The molecule has 1 unspecified atom stereocenters. The molecule has 1 aliphatic rings. The quantitative estimate of drug-likeness (QED) is 0.799. The maximum Gasteiger partial charge on any atom is 0.0795 e. The maximum atomic E-state index is 4.28. The van der Waals surface area contributed by atoms with Crippen LogP contribution in [0.5, 0.6) is 0 Å². The zero-order chi connectivity index (χ0) is 11.3. The van der Waals surface area contributed by atoms with E-state index in [1.54, 1.807) is 11.3 Å². The van der Waals surface area contributed by atoms with E-state index in [0.717, 1.165) is 18.8 Å². The summed E-state index contributed by atoms with van der Waals surface area (Å²) in [6, 6.07) is 0. The SMILES string of the molecule is CCCC1(CNCc2cscn2)CCCN1. The van der Waals surface area contributed by atoms with Gasteiger partial charge in [-0.05, 0) is 25.8 Å². The molecule has 2 rings (SSSR count). The highest BCUT2D eigenvalue weighted by Gasteiger charge is 2.31. The van der Waals surface area contributed by atoms with Gasteiger partial charge in [0.25, 0.3) is 0 Å². The number of rotatable bonds is 6. The second kappa shape index (κ2) is 5.75. The summed E-state index contributed by atoms with van der Waals surface area (Å²) in [7, 11) is 0. The van der Waals surface area contributed by atoms with E-state index >= 15 is 0 Å². The largest absolute Gasteiger partial charge is 0.310 e. The minimum atomic E-state index is 0.352. The van der Waals surface area contributed by atoms with Gasteiger partial charge in [-0.15, -0.1) is 11.3 Å². The molecule has 90 valence electrons. The van der Waals surface area contributed by atoms with Gasteiger partial charge in [0.05, 0.1) is 11.2 Å². The minimum Gasteiger partial charge on any atom is -0.310 e. The molecule has 1 aromatic rings. The highest BCUT2D eigenvalue weighted by atomic mass is 32.1. The van der Waals surface area contributed by atoms with E-state index in [1.807, 2.05) is 5.51 Å². The van der Waals surface area contributed by atoms with Gasteiger partial charge in [-0.2, -0.15) is 0 Å². The van der Waals surface area contributed by atoms with E-state index < -0.39 is 0 Å². The van der Waals surface area contributed by atoms with Gasteiger partial charge < -0.3 is 10.6 Å². The predicted molar refractivity (Wildman–Crippen MR) is 68.7 cm³/mol. The van der Waals surface area contributed by atoms with Crippen molar-refractivity contribution in [3.8, 4) is 0 Å². The first kappa shape index (κ1) is 12.0.